The van der Waals surface area contributed by atoms with Gasteiger partial charge in [0.15, 0.2) is 0 Å². The Morgan fingerprint density at radius 1 is 1.64 bits per heavy atom. The number of hydrogen-bond acceptors (Lipinski definition) is 3. The number of aromatic nitrogens is 1. The Hall–Kier alpha value is -1.71. The first-order valence-corrected chi connectivity index (χ1v) is 4.43. The Morgan fingerprint density at radius 2 is 2.43 bits per heavy atom. The van der Waals surface area contributed by atoms with E-state index in [-0.39, 0.29) is 5.91 Å². The monoisotopic (exact) mass is 191 g/mol. The first-order chi connectivity index (χ1) is 6.70. The third kappa shape index (κ3) is 3.35. The molecule has 4 heteroatoms. The van der Waals surface area contributed by atoms with Crippen molar-refractivity contribution < 1.29 is 4.79 Å². The second-order valence-corrected chi connectivity index (χ2v) is 3.20. The summed E-state index contributed by atoms with van der Waals surface area (Å²) >= 11 is 0. The minimum Gasteiger partial charge on any atom is -0.267 e. The average Bonchev–Trinajstić information content (AvgIpc) is 2.18. The van der Waals surface area contributed by atoms with Gasteiger partial charge in [-0.2, -0.15) is 5.10 Å². The Balaban J connectivity index is 2.52. The van der Waals surface area contributed by atoms with Crippen molar-refractivity contribution in [3.05, 3.63) is 30.1 Å². The lowest BCUT2D eigenvalue weighted by Crippen LogP contribution is -2.18. The fourth-order valence-electron chi connectivity index (χ4n) is 0.807. The fourth-order valence-corrected chi connectivity index (χ4v) is 0.807. The van der Waals surface area contributed by atoms with Crippen LogP contribution in [0, 0.1) is 5.92 Å². The van der Waals surface area contributed by atoms with Gasteiger partial charge in [0.2, 0.25) is 0 Å². The maximum atomic E-state index is 11.4. The third-order valence-electron chi connectivity index (χ3n) is 1.46. The molecule has 1 aromatic rings. The standard InChI is InChI=1S/C10H13N3O/c1-8(2)6-12-13-10(14)9-4-3-5-11-7-9/h3-8H,1-2H3,(H,13,14)/b12-6+. The number of nitrogens with zero attached hydrogens (tertiary/aromatic N) is 2. The van der Waals surface area contributed by atoms with Crippen molar-refractivity contribution in [2.45, 2.75) is 13.8 Å². The highest BCUT2D eigenvalue weighted by molar-refractivity contribution is 5.93. The van der Waals surface area contributed by atoms with Crippen molar-refractivity contribution in [1.82, 2.24) is 10.4 Å². The molecule has 0 saturated heterocycles. The van der Waals surface area contributed by atoms with E-state index in [1.807, 2.05) is 13.8 Å². The molecule has 0 bridgehead atoms. The van der Waals surface area contributed by atoms with Crippen molar-refractivity contribution in [2.75, 3.05) is 0 Å². The summed E-state index contributed by atoms with van der Waals surface area (Å²) in [6, 6.07) is 3.40. The third-order valence-corrected chi connectivity index (χ3v) is 1.46. The second kappa shape index (κ2) is 5.11. The molecule has 0 aliphatic carbocycles. The molecule has 1 N–H and O–H groups in total. The van der Waals surface area contributed by atoms with Gasteiger partial charge in [-0.3, -0.25) is 9.78 Å². The number of hydrazone groups is 1. The topological polar surface area (TPSA) is 54.4 Å². The van der Waals surface area contributed by atoms with E-state index in [9.17, 15) is 4.79 Å². The zero-order valence-electron chi connectivity index (χ0n) is 8.27. The van der Waals surface area contributed by atoms with Gasteiger partial charge in [-0.05, 0) is 18.1 Å². The average molecular weight is 191 g/mol. The predicted molar refractivity (Wildman–Crippen MR) is 55.0 cm³/mol. The highest BCUT2D eigenvalue weighted by atomic mass is 16.2. The minimum absolute atomic E-state index is 0.241. The Labute approximate surface area is 83.1 Å². The molecular weight excluding hydrogens is 178 g/mol. The van der Waals surface area contributed by atoms with E-state index in [1.54, 1.807) is 24.5 Å². The molecule has 0 aromatic carbocycles. The van der Waals surface area contributed by atoms with Crippen molar-refractivity contribution in [3.8, 4) is 0 Å². The van der Waals surface area contributed by atoms with Gasteiger partial charge < -0.3 is 0 Å². The van der Waals surface area contributed by atoms with Gasteiger partial charge in [0.25, 0.3) is 5.91 Å². The van der Waals surface area contributed by atoms with Crippen molar-refractivity contribution in [1.29, 1.82) is 0 Å². The van der Waals surface area contributed by atoms with Crippen LogP contribution >= 0.6 is 0 Å². The van der Waals surface area contributed by atoms with Crippen LogP contribution in [0.25, 0.3) is 0 Å². The molecule has 0 aliphatic heterocycles. The van der Waals surface area contributed by atoms with Crippen LogP contribution in [0.3, 0.4) is 0 Å². The quantitative estimate of drug-likeness (QED) is 0.580. The van der Waals surface area contributed by atoms with E-state index in [2.05, 4.69) is 15.5 Å². The molecular formula is C10H13N3O. The SMILES string of the molecule is CC(C)/C=N/NC(=O)c1cccnc1. The van der Waals surface area contributed by atoms with Gasteiger partial charge in [0.05, 0.1) is 5.56 Å². The molecule has 0 unspecified atom stereocenters. The molecule has 1 heterocycles. The number of carbonyl (C=O) groups is 1. The maximum Gasteiger partial charge on any atom is 0.272 e. The molecule has 14 heavy (non-hydrogen) atoms. The normalized spacial score (nSPS) is 10.8. The maximum absolute atomic E-state index is 11.4. The van der Waals surface area contributed by atoms with E-state index in [4.69, 9.17) is 0 Å². The van der Waals surface area contributed by atoms with Gasteiger partial charge in [0.1, 0.15) is 0 Å². The minimum atomic E-state index is -0.241. The highest BCUT2D eigenvalue weighted by Gasteiger charge is 2.01. The number of rotatable bonds is 3. The molecule has 1 amide bonds. The molecule has 4 nitrogen and oxygen atoms in total. The Bertz CT molecular complexity index is 319. The van der Waals surface area contributed by atoms with Crippen LogP contribution in [0.4, 0.5) is 0 Å². The first kappa shape index (κ1) is 10.4. The Morgan fingerprint density at radius 3 is 3.00 bits per heavy atom. The van der Waals surface area contributed by atoms with Gasteiger partial charge in [0, 0.05) is 18.6 Å². The summed E-state index contributed by atoms with van der Waals surface area (Å²) in [4.78, 5) is 15.2. The van der Waals surface area contributed by atoms with E-state index >= 15 is 0 Å². The summed E-state index contributed by atoms with van der Waals surface area (Å²) in [5.74, 6) is 0.0826. The van der Waals surface area contributed by atoms with Crippen LogP contribution in [0.2, 0.25) is 0 Å². The molecule has 74 valence electrons. The van der Waals surface area contributed by atoms with Crippen LogP contribution in [0.1, 0.15) is 24.2 Å². The first-order valence-electron chi connectivity index (χ1n) is 4.43. The lowest BCUT2D eigenvalue weighted by Gasteiger charge is -1.98. The van der Waals surface area contributed by atoms with Crippen LogP contribution in [-0.4, -0.2) is 17.1 Å². The Kier molecular flexibility index (Phi) is 3.79. The zero-order valence-corrected chi connectivity index (χ0v) is 8.27. The second-order valence-electron chi connectivity index (χ2n) is 3.20. The van der Waals surface area contributed by atoms with Crippen LogP contribution in [-0.2, 0) is 0 Å². The summed E-state index contributed by atoms with van der Waals surface area (Å²) in [5, 5.41) is 3.79. The number of nitrogens with one attached hydrogen (secondary N) is 1. The molecule has 1 aromatic heterocycles. The molecule has 0 fully saturated rings. The van der Waals surface area contributed by atoms with Crippen molar-refractivity contribution in [3.63, 3.8) is 0 Å². The van der Waals surface area contributed by atoms with E-state index in [0.29, 0.717) is 11.5 Å². The van der Waals surface area contributed by atoms with E-state index < -0.39 is 0 Å². The molecule has 0 radical (unpaired) electrons. The number of pyridine rings is 1. The number of carbonyl (C=O) groups excluding carboxylic acids is 1. The van der Waals surface area contributed by atoms with Crippen molar-refractivity contribution in [2.24, 2.45) is 11.0 Å². The lowest BCUT2D eigenvalue weighted by molar-refractivity contribution is 0.0954. The highest BCUT2D eigenvalue weighted by Crippen LogP contribution is 1.94. The smallest absolute Gasteiger partial charge is 0.267 e. The zero-order chi connectivity index (χ0) is 10.4. The number of hydrogen-bond donors (Lipinski definition) is 1. The van der Waals surface area contributed by atoms with Gasteiger partial charge in [-0.25, -0.2) is 5.43 Å². The lowest BCUT2D eigenvalue weighted by atomic mass is 10.2. The molecule has 0 spiro atoms. The molecule has 0 aliphatic rings. The van der Waals surface area contributed by atoms with Gasteiger partial charge in [-0.15, -0.1) is 0 Å². The largest absolute Gasteiger partial charge is 0.272 e. The van der Waals surface area contributed by atoms with Crippen LogP contribution in [0.15, 0.2) is 29.6 Å². The van der Waals surface area contributed by atoms with Crippen molar-refractivity contribution >= 4 is 12.1 Å². The predicted octanol–water partition coefficient (Wildman–Crippen LogP) is 1.45. The van der Waals surface area contributed by atoms with E-state index in [1.165, 1.54) is 6.20 Å². The summed E-state index contributed by atoms with van der Waals surface area (Å²) in [7, 11) is 0. The molecule has 0 atom stereocenters. The van der Waals surface area contributed by atoms with E-state index in [0.717, 1.165) is 0 Å². The summed E-state index contributed by atoms with van der Waals surface area (Å²) in [5.41, 5.74) is 2.93. The molecule has 1 rings (SSSR count). The van der Waals surface area contributed by atoms with Crippen LogP contribution in [0.5, 0.6) is 0 Å². The number of amides is 1. The van der Waals surface area contributed by atoms with Gasteiger partial charge in [-0.1, -0.05) is 13.8 Å². The summed E-state index contributed by atoms with van der Waals surface area (Å²) < 4.78 is 0. The summed E-state index contributed by atoms with van der Waals surface area (Å²) in [6.45, 7) is 3.97. The summed E-state index contributed by atoms with van der Waals surface area (Å²) in [6.07, 6.45) is 4.79. The van der Waals surface area contributed by atoms with Crippen LogP contribution < -0.4 is 5.43 Å². The molecule has 0 saturated carbocycles. The fraction of sp³-hybridized carbons (Fsp3) is 0.300. The van der Waals surface area contributed by atoms with Gasteiger partial charge >= 0.3 is 0 Å².